The van der Waals surface area contributed by atoms with E-state index in [1.807, 2.05) is 73.3 Å². The van der Waals surface area contributed by atoms with E-state index in [1.165, 1.54) is 37.4 Å². The van der Waals surface area contributed by atoms with Crippen molar-refractivity contribution in [2.24, 2.45) is 0 Å². The molecule has 194 valence electrons. The summed E-state index contributed by atoms with van der Waals surface area (Å²) in [5, 5.41) is 4.92. The molecule has 0 bridgehead atoms. The lowest BCUT2D eigenvalue weighted by Gasteiger charge is -2.14. The molecule has 0 N–H and O–H groups in total. The van der Waals surface area contributed by atoms with Gasteiger partial charge in [0.2, 0.25) is 0 Å². The molecule has 1 fully saturated rings. The highest BCUT2D eigenvalue weighted by Gasteiger charge is 2.32. The molecule has 1 aliphatic rings. The summed E-state index contributed by atoms with van der Waals surface area (Å²) in [4.78, 5) is 15.7. The quantitative estimate of drug-likeness (QED) is 0.135. The number of nitrogens with zero attached hydrogens (tertiary/aromatic N) is 3. The Morgan fingerprint density at radius 3 is 2.51 bits per heavy atom. The van der Waals surface area contributed by atoms with E-state index in [-0.39, 0.29) is 5.91 Å². The molecule has 1 amide bonds. The van der Waals surface area contributed by atoms with E-state index >= 15 is 0 Å². The lowest BCUT2D eigenvalue weighted by Crippen LogP contribution is -2.29. The fraction of sp³-hybridized carbons (Fsp3) is 0.367. The first-order chi connectivity index (χ1) is 18.0. The van der Waals surface area contributed by atoms with Gasteiger partial charge in [0.1, 0.15) is 15.8 Å². The lowest BCUT2D eigenvalue weighted by atomic mass is 10.0. The number of hydrogen-bond donors (Lipinski definition) is 0. The molecule has 5 nitrogen and oxygen atoms in total. The highest BCUT2D eigenvalue weighted by Crippen LogP contribution is 2.36. The molecule has 0 unspecified atom stereocenters. The van der Waals surface area contributed by atoms with E-state index in [9.17, 15) is 4.79 Å². The molecule has 2 aromatic carbocycles. The van der Waals surface area contributed by atoms with Crippen molar-refractivity contribution in [2.45, 2.75) is 59.3 Å². The molecule has 0 aliphatic carbocycles. The monoisotopic (exact) mass is 533 g/mol. The molecule has 0 spiro atoms. The molecular weight excluding hydrogens is 498 g/mol. The third-order valence-electron chi connectivity index (χ3n) is 6.41. The van der Waals surface area contributed by atoms with Gasteiger partial charge in [-0.2, -0.15) is 5.10 Å². The summed E-state index contributed by atoms with van der Waals surface area (Å²) < 4.78 is 8.23. The Morgan fingerprint density at radius 2 is 1.78 bits per heavy atom. The topological polar surface area (TPSA) is 47.4 Å². The summed E-state index contributed by atoms with van der Waals surface area (Å²) in [6.45, 7) is 7.54. The van der Waals surface area contributed by atoms with E-state index < -0.39 is 0 Å². The molecule has 3 aromatic rings. The van der Waals surface area contributed by atoms with Gasteiger partial charge in [0.15, 0.2) is 0 Å². The second-order valence-corrected chi connectivity index (χ2v) is 10.9. The number of para-hydroxylation sites is 1. The second kappa shape index (κ2) is 13.1. The molecule has 1 aliphatic heterocycles. The Bertz CT molecular complexity index is 1270. The van der Waals surface area contributed by atoms with Gasteiger partial charge in [0.05, 0.1) is 17.2 Å². The number of amides is 1. The zero-order valence-corrected chi connectivity index (χ0v) is 23.5. The van der Waals surface area contributed by atoms with Gasteiger partial charge in [-0.15, -0.1) is 0 Å². The summed E-state index contributed by atoms with van der Waals surface area (Å²) in [6, 6.07) is 16.1. The van der Waals surface area contributed by atoms with Crippen molar-refractivity contribution >= 4 is 40.3 Å². The maximum absolute atomic E-state index is 13.3. The Kier molecular flexibility index (Phi) is 9.58. The second-order valence-electron chi connectivity index (χ2n) is 9.23. The predicted molar refractivity (Wildman–Crippen MR) is 158 cm³/mol. The van der Waals surface area contributed by atoms with Crippen LogP contribution in [-0.4, -0.2) is 38.1 Å². The number of aryl methyl sites for hydroxylation is 1. The SMILES string of the molecule is CCCCCCCCN1C(=O)C(=Cc2cn(-c3ccccc3)nc2-c2ccc(OCC)c(C)c2)SC1=S. The van der Waals surface area contributed by atoms with E-state index in [1.54, 1.807) is 4.90 Å². The molecular formula is C30H35N3O2S2. The average molecular weight is 534 g/mol. The van der Waals surface area contributed by atoms with Gasteiger partial charge in [-0.3, -0.25) is 9.69 Å². The molecule has 1 saturated heterocycles. The first-order valence-corrected chi connectivity index (χ1v) is 14.4. The maximum atomic E-state index is 13.3. The number of hydrogen-bond acceptors (Lipinski definition) is 5. The van der Waals surface area contributed by atoms with E-state index in [2.05, 4.69) is 13.0 Å². The highest BCUT2D eigenvalue weighted by molar-refractivity contribution is 8.26. The van der Waals surface area contributed by atoms with Gasteiger partial charge in [-0.1, -0.05) is 81.2 Å². The van der Waals surface area contributed by atoms with Gasteiger partial charge < -0.3 is 4.74 Å². The van der Waals surface area contributed by atoms with Crippen LogP contribution >= 0.6 is 24.0 Å². The van der Waals surface area contributed by atoms with Crippen molar-refractivity contribution in [3.05, 3.63) is 70.8 Å². The third-order valence-corrected chi connectivity index (χ3v) is 7.78. The van der Waals surface area contributed by atoms with Crippen molar-refractivity contribution in [3.63, 3.8) is 0 Å². The van der Waals surface area contributed by atoms with Crippen molar-refractivity contribution in [3.8, 4) is 22.7 Å². The van der Waals surface area contributed by atoms with Crippen LogP contribution in [0.3, 0.4) is 0 Å². The first-order valence-electron chi connectivity index (χ1n) is 13.2. The van der Waals surface area contributed by atoms with Crippen molar-refractivity contribution in [2.75, 3.05) is 13.2 Å². The minimum absolute atomic E-state index is 0.00940. The highest BCUT2D eigenvalue weighted by atomic mass is 32.2. The smallest absolute Gasteiger partial charge is 0.266 e. The number of benzene rings is 2. The normalized spacial score (nSPS) is 14.7. The number of thioether (sulfide) groups is 1. The van der Waals surface area contributed by atoms with Crippen LogP contribution in [0.4, 0.5) is 0 Å². The molecule has 0 radical (unpaired) electrons. The summed E-state index contributed by atoms with van der Waals surface area (Å²) in [6.07, 6.45) is 11.0. The minimum Gasteiger partial charge on any atom is -0.494 e. The van der Waals surface area contributed by atoms with Crippen LogP contribution in [0.25, 0.3) is 23.0 Å². The molecule has 1 aromatic heterocycles. The van der Waals surface area contributed by atoms with Crippen LogP contribution in [0.15, 0.2) is 59.6 Å². The minimum atomic E-state index is -0.00940. The van der Waals surface area contributed by atoms with Crippen LogP contribution < -0.4 is 4.74 Å². The van der Waals surface area contributed by atoms with E-state index in [0.717, 1.165) is 46.7 Å². The Labute approximate surface area is 229 Å². The molecule has 0 saturated carbocycles. The number of thiocarbonyl (C=S) groups is 1. The van der Waals surface area contributed by atoms with Gasteiger partial charge in [0.25, 0.3) is 5.91 Å². The largest absolute Gasteiger partial charge is 0.494 e. The Balaban J connectivity index is 1.61. The fourth-order valence-electron chi connectivity index (χ4n) is 4.43. The molecule has 0 atom stereocenters. The number of rotatable bonds is 12. The molecule has 7 heteroatoms. The van der Waals surface area contributed by atoms with Gasteiger partial charge in [0, 0.05) is 23.9 Å². The fourth-order valence-corrected chi connectivity index (χ4v) is 5.73. The number of carbonyl (C=O) groups is 1. The Morgan fingerprint density at radius 1 is 1.03 bits per heavy atom. The number of carbonyl (C=O) groups excluding carboxylic acids is 1. The van der Waals surface area contributed by atoms with Crippen LogP contribution in [0.5, 0.6) is 5.75 Å². The molecule has 2 heterocycles. The summed E-state index contributed by atoms with van der Waals surface area (Å²) in [5.74, 6) is 0.857. The summed E-state index contributed by atoms with van der Waals surface area (Å²) in [5.41, 5.74) is 4.68. The summed E-state index contributed by atoms with van der Waals surface area (Å²) in [7, 11) is 0. The van der Waals surface area contributed by atoms with Crippen molar-refractivity contribution in [1.29, 1.82) is 0 Å². The van der Waals surface area contributed by atoms with Crippen LogP contribution in [0, 0.1) is 6.92 Å². The zero-order valence-electron chi connectivity index (χ0n) is 21.9. The number of unbranched alkanes of at least 4 members (excludes halogenated alkanes) is 5. The standard InChI is InChI=1S/C30H35N3O2S2/c1-4-6-7-8-9-13-18-32-29(34)27(37-30(32)36)20-24-21-33(25-14-11-10-12-15-25)31-28(24)23-16-17-26(35-5-2)22(3)19-23/h10-12,14-17,19-21H,4-9,13,18H2,1-3H3. The first kappa shape index (κ1) is 27.1. The average Bonchev–Trinajstić information content (AvgIpc) is 3.44. The van der Waals surface area contributed by atoms with Crippen LogP contribution in [-0.2, 0) is 4.79 Å². The number of ether oxygens (including phenoxy) is 1. The van der Waals surface area contributed by atoms with Crippen molar-refractivity contribution < 1.29 is 9.53 Å². The van der Waals surface area contributed by atoms with Gasteiger partial charge >= 0.3 is 0 Å². The molecule has 37 heavy (non-hydrogen) atoms. The third kappa shape index (κ3) is 6.70. The van der Waals surface area contributed by atoms with Crippen molar-refractivity contribution in [1.82, 2.24) is 14.7 Å². The lowest BCUT2D eigenvalue weighted by molar-refractivity contribution is -0.122. The molecule has 4 rings (SSSR count). The Hall–Kier alpha value is -2.90. The zero-order chi connectivity index (χ0) is 26.2. The van der Waals surface area contributed by atoms with E-state index in [4.69, 9.17) is 22.1 Å². The predicted octanol–water partition coefficient (Wildman–Crippen LogP) is 7.81. The van der Waals surface area contributed by atoms with Gasteiger partial charge in [-0.25, -0.2) is 4.68 Å². The number of aromatic nitrogens is 2. The summed E-state index contributed by atoms with van der Waals surface area (Å²) >= 11 is 6.97. The van der Waals surface area contributed by atoms with Crippen LogP contribution in [0.2, 0.25) is 0 Å². The van der Waals surface area contributed by atoms with E-state index in [0.29, 0.717) is 22.4 Å². The maximum Gasteiger partial charge on any atom is 0.266 e. The van der Waals surface area contributed by atoms with Crippen LogP contribution in [0.1, 0.15) is 63.5 Å². The van der Waals surface area contributed by atoms with Gasteiger partial charge in [-0.05, 0) is 62.2 Å².